The molecule has 0 saturated carbocycles. The highest BCUT2D eigenvalue weighted by atomic mass is 16.5. The fraction of sp³-hybridized carbons (Fsp3) is 0.720. The van der Waals surface area contributed by atoms with Gasteiger partial charge in [0.1, 0.15) is 5.75 Å². The van der Waals surface area contributed by atoms with E-state index in [0.717, 1.165) is 29.5 Å². The lowest BCUT2D eigenvalue weighted by Crippen LogP contribution is -2.17. The van der Waals surface area contributed by atoms with E-state index in [0.29, 0.717) is 12.4 Å². The fourth-order valence-corrected chi connectivity index (χ4v) is 3.48. The molecule has 1 unspecified atom stereocenters. The van der Waals surface area contributed by atoms with Gasteiger partial charge in [0, 0.05) is 0 Å². The predicted molar refractivity (Wildman–Crippen MR) is 118 cm³/mol. The Morgan fingerprint density at radius 2 is 1.54 bits per heavy atom. The number of carbonyl (C=O) groups is 1. The van der Waals surface area contributed by atoms with Gasteiger partial charge in [0.15, 0.2) is 0 Å². The van der Waals surface area contributed by atoms with Gasteiger partial charge in [-0.1, -0.05) is 91.2 Å². The van der Waals surface area contributed by atoms with Gasteiger partial charge in [0.25, 0.3) is 0 Å². The Kier molecular flexibility index (Phi) is 10.6. The summed E-state index contributed by atoms with van der Waals surface area (Å²) >= 11 is 0. The second kappa shape index (κ2) is 12.1. The van der Waals surface area contributed by atoms with E-state index in [1.165, 1.54) is 44.9 Å². The highest BCUT2D eigenvalue weighted by molar-refractivity contribution is 5.78. The average molecular weight is 391 g/mol. The summed E-state index contributed by atoms with van der Waals surface area (Å²) in [5, 5.41) is 10.4. The molecule has 0 aliphatic rings. The minimum Gasteiger partial charge on any atom is -0.507 e. The van der Waals surface area contributed by atoms with Crippen LogP contribution in [0.3, 0.4) is 0 Å². The number of esters is 1. The fourth-order valence-electron chi connectivity index (χ4n) is 3.48. The lowest BCUT2D eigenvalue weighted by Gasteiger charge is -2.24. The van der Waals surface area contributed by atoms with Crippen molar-refractivity contribution in [3.63, 3.8) is 0 Å². The monoisotopic (exact) mass is 390 g/mol. The maximum absolute atomic E-state index is 12.5. The summed E-state index contributed by atoms with van der Waals surface area (Å²) in [6.45, 7) is 12.7. The molecule has 28 heavy (non-hydrogen) atoms. The lowest BCUT2D eigenvalue weighted by atomic mass is 9.82. The third-order valence-electron chi connectivity index (χ3n) is 5.48. The Hall–Kier alpha value is -1.51. The number of aryl methyl sites for hydroxylation is 1. The van der Waals surface area contributed by atoms with Gasteiger partial charge >= 0.3 is 5.97 Å². The lowest BCUT2D eigenvalue weighted by molar-refractivity contribution is -0.145. The normalized spacial score (nSPS) is 12.8. The van der Waals surface area contributed by atoms with Gasteiger partial charge in [0.2, 0.25) is 0 Å². The van der Waals surface area contributed by atoms with Crippen LogP contribution in [0.25, 0.3) is 0 Å². The SMILES string of the molecule is CCCCCCCCCCCOC(=O)C(C)c1cc(C)c(O)c(C(C)(C)C)c1. The molecule has 3 heteroatoms. The zero-order valence-corrected chi connectivity index (χ0v) is 19.1. The van der Waals surface area contributed by atoms with Crippen molar-refractivity contribution in [2.75, 3.05) is 6.61 Å². The molecule has 1 aromatic carbocycles. The zero-order chi connectivity index (χ0) is 21.2. The Morgan fingerprint density at radius 3 is 2.07 bits per heavy atom. The van der Waals surface area contributed by atoms with Crippen molar-refractivity contribution >= 4 is 5.97 Å². The molecule has 3 nitrogen and oxygen atoms in total. The van der Waals surface area contributed by atoms with Crippen LogP contribution < -0.4 is 0 Å². The number of phenols is 1. The highest BCUT2D eigenvalue weighted by Gasteiger charge is 2.24. The highest BCUT2D eigenvalue weighted by Crippen LogP contribution is 2.36. The first-order chi connectivity index (χ1) is 13.2. The van der Waals surface area contributed by atoms with Crippen molar-refractivity contribution in [2.24, 2.45) is 0 Å². The number of carbonyl (C=O) groups excluding carboxylic acids is 1. The molecule has 0 heterocycles. The van der Waals surface area contributed by atoms with Crippen LogP contribution in [-0.2, 0) is 14.9 Å². The van der Waals surface area contributed by atoms with Crippen molar-refractivity contribution < 1.29 is 14.6 Å². The van der Waals surface area contributed by atoms with Crippen LogP contribution in [0.2, 0.25) is 0 Å². The predicted octanol–water partition coefficient (Wildman–Crippen LogP) is 7.18. The van der Waals surface area contributed by atoms with Crippen LogP contribution in [0.4, 0.5) is 0 Å². The van der Waals surface area contributed by atoms with Crippen molar-refractivity contribution in [3.05, 3.63) is 28.8 Å². The van der Waals surface area contributed by atoms with Gasteiger partial charge in [-0.25, -0.2) is 0 Å². The van der Waals surface area contributed by atoms with Crippen molar-refractivity contribution in [3.8, 4) is 5.75 Å². The van der Waals surface area contributed by atoms with E-state index in [4.69, 9.17) is 4.74 Å². The largest absolute Gasteiger partial charge is 0.507 e. The standard InChI is InChI=1S/C25H42O3/c1-7-8-9-10-11-12-13-14-15-16-28-24(27)20(3)21-17-19(2)23(26)22(18-21)25(4,5)6/h17-18,20,26H,7-16H2,1-6H3. The number of rotatable bonds is 12. The van der Waals surface area contributed by atoms with Crippen LogP contribution in [-0.4, -0.2) is 17.7 Å². The molecular weight excluding hydrogens is 348 g/mol. The molecule has 0 spiro atoms. The first-order valence-electron chi connectivity index (χ1n) is 11.2. The number of aromatic hydroxyl groups is 1. The Bertz CT molecular complexity index is 599. The number of hydrogen-bond acceptors (Lipinski definition) is 3. The van der Waals surface area contributed by atoms with E-state index < -0.39 is 0 Å². The first-order valence-corrected chi connectivity index (χ1v) is 11.2. The number of unbranched alkanes of at least 4 members (excludes halogenated alkanes) is 8. The van der Waals surface area contributed by atoms with Gasteiger partial charge in [0.05, 0.1) is 12.5 Å². The summed E-state index contributed by atoms with van der Waals surface area (Å²) in [5.74, 6) is -0.171. The van der Waals surface area contributed by atoms with Crippen LogP contribution in [0.1, 0.15) is 115 Å². The third kappa shape index (κ3) is 8.24. The van der Waals surface area contributed by atoms with E-state index >= 15 is 0 Å². The second-order valence-electron chi connectivity index (χ2n) is 9.20. The van der Waals surface area contributed by atoms with E-state index in [1.807, 2.05) is 26.0 Å². The van der Waals surface area contributed by atoms with Crippen molar-refractivity contribution in [1.29, 1.82) is 0 Å². The van der Waals surface area contributed by atoms with Gasteiger partial charge in [-0.3, -0.25) is 4.79 Å². The third-order valence-corrected chi connectivity index (χ3v) is 5.48. The molecule has 0 aromatic heterocycles. The molecule has 1 atom stereocenters. The Morgan fingerprint density at radius 1 is 1.00 bits per heavy atom. The molecule has 0 aliphatic heterocycles. The second-order valence-corrected chi connectivity index (χ2v) is 9.20. The Labute approximate surface area is 172 Å². The maximum Gasteiger partial charge on any atom is 0.313 e. The van der Waals surface area contributed by atoms with Gasteiger partial charge in [-0.15, -0.1) is 0 Å². The molecule has 0 bridgehead atoms. The van der Waals surface area contributed by atoms with E-state index in [-0.39, 0.29) is 17.3 Å². The van der Waals surface area contributed by atoms with Gasteiger partial charge in [-0.2, -0.15) is 0 Å². The minimum atomic E-state index is -0.320. The molecule has 0 amide bonds. The molecule has 0 saturated heterocycles. The first kappa shape index (κ1) is 24.5. The minimum absolute atomic E-state index is 0.176. The smallest absolute Gasteiger partial charge is 0.313 e. The molecule has 1 N–H and O–H groups in total. The summed E-state index contributed by atoms with van der Waals surface area (Å²) in [7, 11) is 0. The number of hydrogen-bond donors (Lipinski definition) is 1. The summed E-state index contributed by atoms with van der Waals surface area (Å²) in [5.41, 5.74) is 2.42. The Balaban J connectivity index is 2.40. The van der Waals surface area contributed by atoms with Gasteiger partial charge < -0.3 is 9.84 Å². The van der Waals surface area contributed by atoms with E-state index in [2.05, 4.69) is 27.7 Å². The molecule has 1 aromatic rings. The van der Waals surface area contributed by atoms with Crippen LogP contribution >= 0.6 is 0 Å². The molecule has 160 valence electrons. The molecular formula is C25H42O3. The quantitative estimate of drug-likeness (QED) is 0.304. The molecule has 0 fully saturated rings. The summed E-state index contributed by atoms with van der Waals surface area (Å²) < 4.78 is 5.51. The van der Waals surface area contributed by atoms with Crippen LogP contribution in [0.15, 0.2) is 12.1 Å². The van der Waals surface area contributed by atoms with Crippen LogP contribution in [0.5, 0.6) is 5.75 Å². The van der Waals surface area contributed by atoms with Crippen molar-refractivity contribution in [1.82, 2.24) is 0 Å². The van der Waals surface area contributed by atoms with Gasteiger partial charge in [-0.05, 0) is 42.4 Å². The molecule has 1 rings (SSSR count). The summed E-state index contributed by atoms with van der Waals surface area (Å²) in [6, 6.07) is 3.85. The summed E-state index contributed by atoms with van der Waals surface area (Å²) in [6.07, 6.45) is 11.3. The zero-order valence-electron chi connectivity index (χ0n) is 19.1. The van der Waals surface area contributed by atoms with Crippen molar-refractivity contribution in [2.45, 2.75) is 111 Å². The number of benzene rings is 1. The van der Waals surface area contributed by atoms with E-state index in [1.54, 1.807) is 0 Å². The average Bonchev–Trinajstić information content (AvgIpc) is 2.63. The van der Waals surface area contributed by atoms with E-state index in [9.17, 15) is 9.90 Å². The van der Waals surface area contributed by atoms with Crippen LogP contribution in [0, 0.1) is 6.92 Å². The summed E-state index contributed by atoms with van der Waals surface area (Å²) in [4.78, 5) is 12.5. The topological polar surface area (TPSA) is 46.5 Å². The number of ether oxygens (including phenoxy) is 1. The maximum atomic E-state index is 12.5. The number of phenolic OH excluding ortho intramolecular Hbond substituents is 1. The molecule has 0 radical (unpaired) electrons. The molecule has 0 aliphatic carbocycles.